The fourth-order valence-corrected chi connectivity index (χ4v) is 2.44. The molecular formula is C13H18Cl2IN3OS. The molecule has 1 rings (SSSR count). The number of halogens is 3. The molecule has 21 heavy (non-hydrogen) atoms. The predicted octanol–water partition coefficient (Wildman–Crippen LogP) is 0.261. The summed E-state index contributed by atoms with van der Waals surface area (Å²) in [4.78, 5) is 13.7. The van der Waals surface area contributed by atoms with E-state index < -0.39 is 0 Å². The second-order valence-corrected chi connectivity index (χ2v) is 5.49. The van der Waals surface area contributed by atoms with Crippen LogP contribution in [-0.2, 0) is 11.4 Å². The van der Waals surface area contributed by atoms with Crippen LogP contribution in [0.15, 0.2) is 18.2 Å². The Labute approximate surface area is 156 Å². The molecule has 0 aliphatic heterocycles. The van der Waals surface area contributed by atoms with E-state index in [0.717, 1.165) is 0 Å². The Bertz CT molecular complexity index is 490. The Balaban J connectivity index is 0.00000400. The van der Waals surface area contributed by atoms with Gasteiger partial charge in [0.2, 0.25) is 11.4 Å². The third-order valence-corrected chi connectivity index (χ3v) is 3.92. The maximum absolute atomic E-state index is 12.0. The van der Waals surface area contributed by atoms with Crippen molar-refractivity contribution in [2.45, 2.75) is 13.8 Å². The summed E-state index contributed by atoms with van der Waals surface area (Å²) in [6, 6.07) is 5.08. The molecule has 0 spiro atoms. The van der Waals surface area contributed by atoms with E-state index in [1.54, 1.807) is 23.1 Å². The van der Waals surface area contributed by atoms with Crippen molar-refractivity contribution in [3.63, 3.8) is 0 Å². The van der Waals surface area contributed by atoms with Crippen molar-refractivity contribution in [2.75, 3.05) is 24.7 Å². The van der Waals surface area contributed by atoms with Crippen LogP contribution in [0.4, 0.5) is 10.5 Å². The van der Waals surface area contributed by atoms with Crippen molar-refractivity contribution in [3.05, 3.63) is 28.2 Å². The van der Waals surface area contributed by atoms with Gasteiger partial charge >= 0.3 is 11.1 Å². The van der Waals surface area contributed by atoms with Crippen LogP contribution in [0.1, 0.15) is 13.8 Å². The SMILES string of the molecule is CCN(CC)C(=O)N/C(Nc1c(Cl)cccc1Cl)=[S+]/C.[I-]. The molecule has 0 heterocycles. The Hall–Kier alpha value is -0.310. The van der Waals surface area contributed by atoms with E-state index in [1.165, 1.54) is 11.4 Å². The summed E-state index contributed by atoms with van der Waals surface area (Å²) in [5.74, 6) is 0. The van der Waals surface area contributed by atoms with Crippen LogP contribution in [0.5, 0.6) is 0 Å². The van der Waals surface area contributed by atoms with Crippen molar-refractivity contribution in [1.82, 2.24) is 10.2 Å². The van der Waals surface area contributed by atoms with Gasteiger partial charge in [0.05, 0.1) is 15.7 Å². The lowest BCUT2D eigenvalue weighted by molar-refractivity contribution is -0.00000779. The van der Waals surface area contributed by atoms with Crippen molar-refractivity contribution in [1.29, 1.82) is 0 Å². The maximum Gasteiger partial charge on any atom is 0.375 e. The Morgan fingerprint density at radius 3 is 2.19 bits per heavy atom. The molecule has 0 aliphatic carbocycles. The summed E-state index contributed by atoms with van der Waals surface area (Å²) in [5, 5.41) is 7.45. The van der Waals surface area contributed by atoms with Gasteiger partial charge in [0.25, 0.3) is 0 Å². The van der Waals surface area contributed by atoms with E-state index in [9.17, 15) is 4.79 Å². The van der Waals surface area contributed by atoms with Gasteiger partial charge in [0.15, 0.2) is 6.26 Å². The minimum atomic E-state index is -0.157. The van der Waals surface area contributed by atoms with Gasteiger partial charge in [0.1, 0.15) is 0 Å². The number of hydrogen-bond donors (Lipinski definition) is 2. The van der Waals surface area contributed by atoms with Gasteiger partial charge in [-0.15, -0.1) is 0 Å². The van der Waals surface area contributed by atoms with Crippen molar-refractivity contribution in [2.24, 2.45) is 0 Å². The minimum absolute atomic E-state index is 0. The molecule has 0 aromatic heterocycles. The first kappa shape index (κ1) is 20.7. The van der Waals surface area contributed by atoms with Crippen LogP contribution in [0.3, 0.4) is 0 Å². The van der Waals surface area contributed by atoms with Gasteiger partial charge < -0.3 is 28.9 Å². The molecule has 0 bridgehead atoms. The fourth-order valence-electron chi connectivity index (χ4n) is 1.55. The van der Waals surface area contributed by atoms with Crippen LogP contribution in [-0.4, -0.2) is 35.4 Å². The lowest BCUT2D eigenvalue weighted by Gasteiger charge is -2.18. The molecule has 118 valence electrons. The number of anilines is 1. The van der Waals surface area contributed by atoms with Gasteiger partial charge in [-0.25, -0.2) is 10.1 Å². The Morgan fingerprint density at radius 1 is 1.24 bits per heavy atom. The summed E-state index contributed by atoms with van der Waals surface area (Å²) in [6.45, 7) is 5.16. The molecule has 0 saturated heterocycles. The van der Waals surface area contributed by atoms with Crippen LogP contribution in [0, 0.1) is 0 Å². The van der Waals surface area contributed by atoms with Crippen LogP contribution >= 0.6 is 23.2 Å². The summed E-state index contributed by atoms with van der Waals surface area (Å²) in [5.41, 5.74) is 0.583. The number of rotatable bonds is 3. The normalized spacial score (nSPS) is 10.6. The topological polar surface area (TPSA) is 44.4 Å². The van der Waals surface area contributed by atoms with E-state index in [1.807, 2.05) is 20.1 Å². The second kappa shape index (κ2) is 10.4. The van der Waals surface area contributed by atoms with E-state index in [4.69, 9.17) is 23.2 Å². The van der Waals surface area contributed by atoms with Gasteiger partial charge in [-0.2, -0.15) is 0 Å². The Kier molecular flexibility index (Phi) is 10.3. The highest BCUT2D eigenvalue weighted by atomic mass is 127. The number of carbonyl (C=O) groups is 1. The summed E-state index contributed by atoms with van der Waals surface area (Å²) < 4.78 is 0. The molecule has 4 nitrogen and oxygen atoms in total. The average molecular weight is 462 g/mol. The first-order chi connectivity index (χ1) is 9.53. The quantitative estimate of drug-likeness (QED) is 0.385. The number of para-hydroxylation sites is 1. The number of nitrogens with zero attached hydrogens (tertiary/aromatic N) is 1. The number of nitrogens with one attached hydrogen (secondary N) is 2. The molecule has 1 aromatic carbocycles. The van der Waals surface area contributed by atoms with Gasteiger partial charge in [0, 0.05) is 13.1 Å². The smallest absolute Gasteiger partial charge is 0.375 e. The number of carbonyl (C=O) groups excluding carboxylic acids is 1. The highest BCUT2D eigenvalue weighted by molar-refractivity contribution is 7.78. The number of urea groups is 1. The second-order valence-electron chi connectivity index (χ2n) is 3.86. The molecule has 8 heteroatoms. The molecule has 2 amide bonds. The monoisotopic (exact) mass is 461 g/mol. The van der Waals surface area contributed by atoms with Gasteiger partial charge in [-0.05, 0) is 26.0 Å². The highest BCUT2D eigenvalue weighted by Crippen LogP contribution is 2.29. The fraction of sp³-hybridized carbons (Fsp3) is 0.385. The third-order valence-electron chi connectivity index (χ3n) is 2.68. The van der Waals surface area contributed by atoms with E-state index in [-0.39, 0.29) is 30.0 Å². The third kappa shape index (κ3) is 6.14. The predicted molar refractivity (Wildman–Crippen MR) is 89.8 cm³/mol. The standard InChI is InChI=1S/C13H17Cl2N3OS.HI/c1-4-18(5-2)13(19)17-12(20-3)16-11-9(14)7-6-8-10(11)15;/h6-8,16H,4-5H2,1-3H3;1H. The van der Waals surface area contributed by atoms with E-state index in [2.05, 4.69) is 10.6 Å². The lowest BCUT2D eigenvalue weighted by Crippen LogP contribution is -3.00. The zero-order valence-corrected chi connectivity index (χ0v) is 16.5. The first-order valence-corrected chi connectivity index (χ1v) is 8.19. The van der Waals surface area contributed by atoms with Crippen LogP contribution in [0.25, 0.3) is 0 Å². The Morgan fingerprint density at radius 2 is 1.76 bits per heavy atom. The first-order valence-electron chi connectivity index (χ1n) is 6.21. The van der Waals surface area contributed by atoms with Crippen LogP contribution < -0.4 is 34.6 Å². The molecular weight excluding hydrogens is 444 g/mol. The van der Waals surface area contributed by atoms with Crippen molar-refractivity contribution >= 4 is 51.4 Å². The van der Waals surface area contributed by atoms with Crippen molar-refractivity contribution < 1.29 is 28.8 Å². The van der Waals surface area contributed by atoms with Gasteiger partial charge in [-0.1, -0.05) is 29.3 Å². The van der Waals surface area contributed by atoms with E-state index in [0.29, 0.717) is 33.9 Å². The van der Waals surface area contributed by atoms with E-state index >= 15 is 0 Å². The van der Waals surface area contributed by atoms with Crippen molar-refractivity contribution in [3.8, 4) is 0 Å². The number of hydrogen-bond acceptors (Lipinski definition) is 1. The highest BCUT2D eigenvalue weighted by Gasteiger charge is 2.18. The molecule has 0 fully saturated rings. The summed E-state index contributed by atoms with van der Waals surface area (Å²) in [6.07, 6.45) is 1.86. The summed E-state index contributed by atoms with van der Waals surface area (Å²) in [7, 11) is 0. The average Bonchev–Trinajstić information content (AvgIpc) is 2.43. The molecule has 0 unspecified atom stereocenters. The zero-order chi connectivity index (χ0) is 15.1. The number of benzene rings is 1. The lowest BCUT2D eigenvalue weighted by atomic mass is 10.3. The molecule has 0 aliphatic rings. The molecule has 0 saturated carbocycles. The largest absolute Gasteiger partial charge is 1.00 e. The summed E-state index contributed by atoms with van der Waals surface area (Å²) >= 11 is 13.6. The molecule has 0 radical (unpaired) electrons. The molecule has 1 aromatic rings. The maximum atomic E-state index is 12.0. The minimum Gasteiger partial charge on any atom is -1.00 e. The van der Waals surface area contributed by atoms with Gasteiger partial charge in [-0.3, -0.25) is 5.32 Å². The zero-order valence-electron chi connectivity index (χ0n) is 12.0. The molecule has 2 N–H and O–H groups in total. The molecule has 0 atom stereocenters. The number of amides is 2. The van der Waals surface area contributed by atoms with Crippen LogP contribution in [0.2, 0.25) is 10.0 Å².